The Morgan fingerprint density at radius 1 is 0.565 bits per heavy atom. The standard InChI is InChI=1S/C45H74O17/c1-39(2)26(60-38-33(30(52)23(49)18-58-38)61-37-32(54)29(51)22(48)17-57-37)9-11-45-19-44(45)13-12-41(5)34(43(7)10-8-27(62-43)40(3,4)55)20(46)15-42(41,6)25(44)14-24(35(39)45)59-36-31(53)28(50)21(47)16-56-36/h20-38,46-55H,8-19H2,1-7H3/t20-,21+,22+,23-,24-,25-,26-,27-,28-,29-,30+,31-,32-,33+,34-,35+,36-,37+,38+,41+,42-,43+,44-,45+/m0/s1. The first-order valence-electron chi connectivity index (χ1n) is 23.2. The smallest absolute Gasteiger partial charge is 0.186 e. The van der Waals surface area contributed by atoms with E-state index in [0.717, 1.165) is 32.1 Å². The lowest BCUT2D eigenvalue weighted by atomic mass is 9.41. The second-order valence-electron chi connectivity index (χ2n) is 23.0. The lowest BCUT2D eigenvalue weighted by Crippen LogP contribution is -2.65. The van der Waals surface area contributed by atoms with Crippen LogP contribution < -0.4 is 0 Å². The monoisotopic (exact) mass is 886 g/mol. The average molecular weight is 887 g/mol. The summed E-state index contributed by atoms with van der Waals surface area (Å²) in [4.78, 5) is 0. The predicted molar refractivity (Wildman–Crippen MR) is 214 cm³/mol. The first-order chi connectivity index (χ1) is 28.8. The van der Waals surface area contributed by atoms with E-state index in [4.69, 9.17) is 33.2 Å². The molecule has 0 aromatic heterocycles. The van der Waals surface area contributed by atoms with Crippen molar-refractivity contribution in [2.24, 2.45) is 44.8 Å². The molecule has 24 atom stereocenters. The van der Waals surface area contributed by atoms with Gasteiger partial charge in [-0.25, -0.2) is 0 Å². The third kappa shape index (κ3) is 6.72. The molecular formula is C45H74O17. The summed E-state index contributed by atoms with van der Waals surface area (Å²) >= 11 is 0. The quantitative estimate of drug-likeness (QED) is 0.142. The Bertz CT molecular complexity index is 1660. The highest BCUT2D eigenvalue weighted by Crippen LogP contribution is 2.89. The van der Waals surface area contributed by atoms with Crippen LogP contribution in [0.3, 0.4) is 0 Å². The van der Waals surface area contributed by atoms with Gasteiger partial charge < -0.3 is 84.2 Å². The van der Waals surface area contributed by atoms with Crippen LogP contribution in [0.15, 0.2) is 0 Å². The lowest BCUT2D eigenvalue weighted by Gasteiger charge is -2.65. The number of ether oxygens (including phenoxy) is 7. The molecule has 2 spiro atoms. The highest BCUT2D eigenvalue weighted by molar-refractivity contribution is 5.33. The van der Waals surface area contributed by atoms with Crippen LogP contribution in [0.4, 0.5) is 0 Å². The van der Waals surface area contributed by atoms with Crippen molar-refractivity contribution < 1.29 is 84.2 Å². The van der Waals surface area contributed by atoms with Gasteiger partial charge in [0.15, 0.2) is 18.9 Å². The van der Waals surface area contributed by atoms with Gasteiger partial charge in [-0.05, 0) is 117 Å². The minimum absolute atomic E-state index is 0.0927. The molecule has 5 saturated carbocycles. The van der Waals surface area contributed by atoms with E-state index < -0.39 is 109 Å². The first-order valence-corrected chi connectivity index (χ1v) is 23.2. The van der Waals surface area contributed by atoms with Gasteiger partial charge in [0.1, 0.15) is 54.9 Å². The van der Waals surface area contributed by atoms with Crippen molar-refractivity contribution in [1.82, 2.24) is 0 Å². The van der Waals surface area contributed by atoms with E-state index in [0.29, 0.717) is 25.7 Å². The molecule has 17 nitrogen and oxygen atoms in total. The Kier molecular flexibility index (Phi) is 11.5. The van der Waals surface area contributed by atoms with E-state index in [1.807, 2.05) is 0 Å². The highest BCUT2D eigenvalue weighted by Gasteiger charge is 2.85. The molecule has 5 aliphatic carbocycles. The van der Waals surface area contributed by atoms with Crippen LogP contribution in [0.5, 0.6) is 0 Å². The van der Waals surface area contributed by atoms with Crippen LogP contribution in [0.1, 0.15) is 106 Å². The molecule has 17 heteroatoms. The largest absolute Gasteiger partial charge is 0.393 e. The van der Waals surface area contributed by atoms with Crippen LogP contribution in [0.2, 0.25) is 0 Å². The van der Waals surface area contributed by atoms with E-state index in [1.165, 1.54) is 0 Å². The van der Waals surface area contributed by atoms with Gasteiger partial charge in [0.05, 0.1) is 55.4 Å². The Morgan fingerprint density at radius 3 is 1.74 bits per heavy atom. The average Bonchev–Trinajstić information content (AvgIpc) is 3.56. The topological polar surface area (TPSA) is 267 Å². The first kappa shape index (κ1) is 46.4. The molecule has 0 bridgehead atoms. The van der Waals surface area contributed by atoms with Crippen LogP contribution in [-0.4, -0.2) is 180 Å². The minimum atomic E-state index is -1.65. The maximum atomic E-state index is 12.3. The maximum Gasteiger partial charge on any atom is 0.186 e. The van der Waals surface area contributed by atoms with Gasteiger partial charge in [-0.15, -0.1) is 0 Å². The summed E-state index contributed by atoms with van der Waals surface area (Å²) in [6.45, 7) is 13.8. The number of fused-ring (bicyclic) bond motifs is 2. The summed E-state index contributed by atoms with van der Waals surface area (Å²) in [6, 6.07) is 0. The molecule has 4 saturated heterocycles. The van der Waals surface area contributed by atoms with E-state index in [9.17, 15) is 51.1 Å². The zero-order valence-corrected chi connectivity index (χ0v) is 37.3. The SMILES string of the molecule is CC(C)(O)[C@@H]1CC[C@](C)([C@H]2[C@@H](O)C[C@@]3(C)[C@@H]4C[C@H](O[C@@H]5OC[C@@H](O)[C@H](O)[C@@H]5O)[C@@H]5C(C)(C)[C@@H](O[C@H]6OC[C@H](O)[C@@H](O)[C@H]6O[C@H]6OC[C@@H](O)[C@H](O)[C@@H]6O)CC[C@@]56C[C@@]46CC[C@]23C)O1. The van der Waals surface area contributed by atoms with Crippen molar-refractivity contribution >= 4 is 0 Å². The number of aliphatic hydroxyl groups is 10. The lowest BCUT2D eigenvalue weighted by molar-refractivity contribution is -0.359. The molecule has 10 N–H and O–H groups in total. The normalized spacial score (nSPS) is 58.5. The van der Waals surface area contributed by atoms with Gasteiger partial charge in [0.2, 0.25) is 0 Å². The molecule has 0 amide bonds. The van der Waals surface area contributed by atoms with Gasteiger partial charge in [0.25, 0.3) is 0 Å². The van der Waals surface area contributed by atoms with E-state index in [-0.39, 0.29) is 65.3 Å². The molecule has 356 valence electrons. The number of hydrogen-bond acceptors (Lipinski definition) is 17. The van der Waals surface area contributed by atoms with Gasteiger partial charge in [-0.2, -0.15) is 0 Å². The van der Waals surface area contributed by atoms with E-state index in [1.54, 1.807) is 13.8 Å². The van der Waals surface area contributed by atoms with Crippen molar-refractivity contribution in [2.75, 3.05) is 19.8 Å². The molecule has 0 unspecified atom stereocenters. The van der Waals surface area contributed by atoms with Crippen molar-refractivity contribution in [3.05, 3.63) is 0 Å². The Morgan fingerprint density at radius 2 is 1.15 bits per heavy atom. The van der Waals surface area contributed by atoms with Gasteiger partial charge in [0, 0.05) is 5.92 Å². The van der Waals surface area contributed by atoms with E-state index in [2.05, 4.69) is 34.6 Å². The second kappa shape index (κ2) is 15.4. The molecule has 9 aliphatic rings. The van der Waals surface area contributed by atoms with Gasteiger partial charge >= 0.3 is 0 Å². The number of rotatable bonds is 8. The van der Waals surface area contributed by atoms with E-state index >= 15 is 0 Å². The molecule has 0 radical (unpaired) electrons. The summed E-state index contributed by atoms with van der Waals surface area (Å²) in [7, 11) is 0. The second-order valence-corrected chi connectivity index (χ2v) is 23.0. The molecule has 9 fully saturated rings. The van der Waals surface area contributed by atoms with Gasteiger partial charge in [-0.3, -0.25) is 0 Å². The summed E-state index contributed by atoms with van der Waals surface area (Å²) in [5, 5.41) is 109. The van der Waals surface area contributed by atoms with Crippen LogP contribution in [0.25, 0.3) is 0 Å². The van der Waals surface area contributed by atoms with Crippen molar-refractivity contribution in [1.29, 1.82) is 0 Å². The molecule has 9 rings (SSSR count). The Labute approximate surface area is 363 Å². The maximum absolute atomic E-state index is 12.3. The summed E-state index contributed by atoms with van der Waals surface area (Å²) in [6.07, 6.45) is -12.2. The Balaban J connectivity index is 1.03. The molecular weight excluding hydrogens is 812 g/mol. The fourth-order valence-electron chi connectivity index (χ4n) is 15.8. The number of hydrogen-bond donors (Lipinski definition) is 10. The highest BCUT2D eigenvalue weighted by atomic mass is 16.8. The fraction of sp³-hybridized carbons (Fsp3) is 1.00. The molecule has 4 heterocycles. The molecule has 4 aliphatic heterocycles. The Hall–Kier alpha value is -0.680. The molecule has 62 heavy (non-hydrogen) atoms. The van der Waals surface area contributed by atoms with Crippen LogP contribution >= 0.6 is 0 Å². The third-order valence-electron chi connectivity index (χ3n) is 18.9. The van der Waals surface area contributed by atoms with Crippen LogP contribution in [0, 0.1) is 44.8 Å². The zero-order chi connectivity index (χ0) is 44.9. The molecule has 0 aromatic carbocycles. The number of aliphatic hydroxyl groups excluding tert-OH is 9. The predicted octanol–water partition coefficient (Wildman–Crippen LogP) is -0.173. The van der Waals surface area contributed by atoms with Crippen molar-refractivity contribution in [2.45, 2.75) is 216 Å². The minimum Gasteiger partial charge on any atom is -0.393 e. The van der Waals surface area contributed by atoms with Crippen molar-refractivity contribution in [3.8, 4) is 0 Å². The summed E-state index contributed by atoms with van der Waals surface area (Å²) in [5.41, 5.74) is -3.33. The molecule has 0 aromatic rings. The van der Waals surface area contributed by atoms with Crippen LogP contribution in [-0.2, 0) is 33.2 Å². The summed E-state index contributed by atoms with van der Waals surface area (Å²) in [5.74, 6) is -0.256. The van der Waals surface area contributed by atoms with Gasteiger partial charge in [-0.1, -0.05) is 27.7 Å². The zero-order valence-electron chi connectivity index (χ0n) is 37.3. The fourth-order valence-corrected chi connectivity index (χ4v) is 15.8. The van der Waals surface area contributed by atoms with Crippen molar-refractivity contribution in [3.63, 3.8) is 0 Å². The third-order valence-corrected chi connectivity index (χ3v) is 18.9. The summed E-state index contributed by atoms with van der Waals surface area (Å²) < 4.78 is 44.0.